The van der Waals surface area contributed by atoms with Gasteiger partial charge in [0.15, 0.2) is 23.2 Å². The van der Waals surface area contributed by atoms with E-state index in [1.54, 1.807) is 11.2 Å². The van der Waals surface area contributed by atoms with Crippen LogP contribution in [0, 0.1) is 0 Å². The first-order valence-electron chi connectivity index (χ1n) is 9.37. The fourth-order valence-electron chi connectivity index (χ4n) is 3.16. The Balaban J connectivity index is 1.79. The normalized spacial score (nSPS) is 24.0. The summed E-state index contributed by atoms with van der Waals surface area (Å²) in [6, 6.07) is 9.42. The van der Waals surface area contributed by atoms with Crippen molar-refractivity contribution in [3.05, 3.63) is 36.7 Å². The molecule has 0 radical (unpaired) electrons. The summed E-state index contributed by atoms with van der Waals surface area (Å²) in [5.41, 5.74) is 1.56. The fourth-order valence-corrected chi connectivity index (χ4v) is 3.16. The molecule has 2 aromatic heterocycles. The highest BCUT2D eigenvalue weighted by molar-refractivity contribution is 5.85. The lowest BCUT2D eigenvalue weighted by molar-refractivity contribution is -0.0511. The lowest BCUT2D eigenvalue weighted by atomic mass is 10.1. The summed E-state index contributed by atoms with van der Waals surface area (Å²) in [5.74, 6) is 0.616. The lowest BCUT2D eigenvalue weighted by Gasteiger charge is -2.17. The van der Waals surface area contributed by atoms with E-state index < -0.39 is 31.1 Å². The summed E-state index contributed by atoms with van der Waals surface area (Å²) >= 11 is 0. The van der Waals surface area contributed by atoms with Crippen molar-refractivity contribution in [2.24, 2.45) is 4.99 Å². The van der Waals surface area contributed by atoms with Crippen molar-refractivity contribution >= 4 is 35.0 Å². The van der Waals surface area contributed by atoms with E-state index in [0.29, 0.717) is 17.0 Å². The molecule has 3 aromatic rings. The molecular weight excluding hydrogens is 390 g/mol. The van der Waals surface area contributed by atoms with Gasteiger partial charge >= 0.3 is 0 Å². The van der Waals surface area contributed by atoms with Gasteiger partial charge in [0.25, 0.3) is 0 Å². The van der Waals surface area contributed by atoms with Gasteiger partial charge in [0.1, 0.15) is 18.3 Å². The van der Waals surface area contributed by atoms with E-state index in [4.69, 9.17) is 4.74 Å². The third-order valence-corrected chi connectivity index (χ3v) is 4.64. The Hall–Kier alpha value is -3.12. The van der Waals surface area contributed by atoms with Gasteiger partial charge in [0, 0.05) is 19.8 Å². The maximum atomic E-state index is 10.4. The van der Waals surface area contributed by atoms with E-state index in [1.165, 1.54) is 10.9 Å². The number of para-hydroxylation sites is 1. The Labute approximate surface area is 172 Å². The number of aliphatic hydroxyl groups is 3. The van der Waals surface area contributed by atoms with Crippen molar-refractivity contribution in [1.82, 2.24) is 24.4 Å². The maximum Gasteiger partial charge on any atom is 0.231 e. The molecule has 1 saturated heterocycles. The highest BCUT2D eigenvalue weighted by Gasteiger charge is 2.44. The summed E-state index contributed by atoms with van der Waals surface area (Å²) < 4.78 is 7.13. The van der Waals surface area contributed by atoms with Crippen LogP contribution in [0.5, 0.6) is 0 Å². The second kappa shape index (κ2) is 8.32. The molecule has 0 amide bonds. The number of fused-ring (bicyclic) bond motifs is 1. The third kappa shape index (κ3) is 3.83. The van der Waals surface area contributed by atoms with Crippen molar-refractivity contribution < 1.29 is 20.1 Å². The molecule has 0 saturated carbocycles. The smallest absolute Gasteiger partial charge is 0.231 e. The first-order chi connectivity index (χ1) is 14.5. The number of hydrogen-bond acceptors (Lipinski definition) is 9. The number of aliphatic hydroxyl groups excluding tert-OH is 3. The van der Waals surface area contributed by atoms with Gasteiger partial charge in [-0.05, 0) is 12.1 Å². The van der Waals surface area contributed by atoms with E-state index in [9.17, 15) is 15.3 Å². The van der Waals surface area contributed by atoms with Crippen LogP contribution in [-0.4, -0.2) is 85.1 Å². The van der Waals surface area contributed by atoms with Gasteiger partial charge < -0.3 is 30.3 Å². The Morgan fingerprint density at radius 1 is 1.20 bits per heavy atom. The van der Waals surface area contributed by atoms with Gasteiger partial charge in [0.05, 0.1) is 19.3 Å². The zero-order valence-corrected chi connectivity index (χ0v) is 16.5. The molecule has 11 heteroatoms. The molecule has 1 fully saturated rings. The van der Waals surface area contributed by atoms with Crippen LogP contribution in [0.15, 0.2) is 41.7 Å². The monoisotopic (exact) mass is 413 g/mol. The van der Waals surface area contributed by atoms with Gasteiger partial charge in [-0.25, -0.2) is 9.98 Å². The molecule has 0 spiro atoms. The number of benzene rings is 1. The molecule has 1 aliphatic heterocycles. The minimum atomic E-state index is -1.26. The molecule has 4 N–H and O–H groups in total. The highest BCUT2D eigenvalue weighted by atomic mass is 16.6. The van der Waals surface area contributed by atoms with Crippen LogP contribution in [0.25, 0.3) is 11.2 Å². The molecule has 1 aliphatic rings. The molecule has 11 nitrogen and oxygen atoms in total. The average molecular weight is 413 g/mol. The predicted molar refractivity (Wildman–Crippen MR) is 110 cm³/mol. The number of aliphatic imine (C=N–C) groups is 1. The van der Waals surface area contributed by atoms with Crippen LogP contribution in [0.2, 0.25) is 0 Å². The van der Waals surface area contributed by atoms with Crippen LogP contribution >= 0.6 is 0 Å². The Bertz CT molecular complexity index is 1040. The number of rotatable bonds is 6. The number of aromatic nitrogens is 4. The molecule has 4 atom stereocenters. The van der Waals surface area contributed by atoms with E-state index in [2.05, 4.69) is 25.3 Å². The standard InChI is InChI=1S/C19H23N7O4/c1-25(2)9-21-16-13-17(24-19(23-16)22-11-6-4-3-5-7-11)26(10-20-13)18-15(29)14(28)12(8-27)30-18/h3-7,9-10,12,14-15,18,27-29H,8H2,1-2H3,(H,22,23,24)/t12-,14-,15-,18-/m1/s1. The van der Waals surface area contributed by atoms with Crippen molar-refractivity contribution in [2.75, 3.05) is 26.0 Å². The maximum absolute atomic E-state index is 10.4. The molecule has 3 heterocycles. The van der Waals surface area contributed by atoms with Gasteiger partial charge in [0.2, 0.25) is 5.95 Å². The number of hydrogen-bond donors (Lipinski definition) is 4. The lowest BCUT2D eigenvalue weighted by Crippen LogP contribution is -2.33. The number of nitrogens with zero attached hydrogens (tertiary/aromatic N) is 6. The molecule has 0 unspecified atom stereocenters. The van der Waals surface area contributed by atoms with Crippen molar-refractivity contribution in [1.29, 1.82) is 0 Å². The van der Waals surface area contributed by atoms with Gasteiger partial charge in [-0.2, -0.15) is 9.97 Å². The Morgan fingerprint density at radius 2 is 1.97 bits per heavy atom. The first kappa shape index (κ1) is 20.2. The molecule has 1 aromatic carbocycles. The topological polar surface area (TPSA) is 141 Å². The molecule has 0 bridgehead atoms. The van der Waals surface area contributed by atoms with Gasteiger partial charge in [-0.1, -0.05) is 18.2 Å². The van der Waals surface area contributed by atoms with Gasteiger partial charge in [-0.15, -0.1) is 0 Å². The quantitative estimate of drug-likeness (QED) is 0.334. The summed E-state index contributed by atoms with van der Waals surface area (Å²) in [6.45, 7) is -0.421. The van der Waals surface area contributed by atoms with Crippen LogP contribution in [-0.2, 0) is 4.74 Å². The van der Waals surface area contributed by atoms with Crippen LogP contribution in [0.3, 0.4) is 0 Å². The second-order valence-corrected chi connectivity index (χ2v) is 7.12. The third-order valence-electron chi connectivity index (χ3n) is 4.64. The van der Waals surface area contributed by atoms with Crippen LogP contribution < -0.4 is 5.32 Å². The highest BCUT2D eigenvalue weighted by Crippen LogP contribution is 2.33. The molecule has 158 valence electrons. The predicted octanol–water partition coefficient (Wildman–Crippen LogP) is 0.403. The number of nitrogens with one attached hydrogen (secondary N) is 1. The summed E-state index contributed by atoms with van der Waals surface area (Å²) in [5, 5.41) is 33.0. The minimum absolute atomic E-state index is 0.285. The SMILES string of the molecule is CN(C)C=Nc1nc(Nc2ccccc2)nc2c1ncn2[C@@H]1O[C@H](CO)[C@@H](O)[C@H]1O. The van der Waals surface area contributed by atoms with E-state index in [0.717, 1.165) is 5.69 Å². The number of ether oxygens (including phenoxy) is 1. The second-order valence-electron chi connectivity index (χ2n) is 7.12. The zero-order valence-electron chi connectivity index (χ0n) is 16.5. The number of imidazole rings is 1. The van der Waals surface area contributed by atoms with Crippen molar-refractivity contribution in [3.63, 3.8) is 0 Å². The largest absolute Gasteiger partial charge is 0.394 e. The van der Waals surface area contributed by atoms with Crippen molar-refractivity contribution in [2.45, 2.75) is 24.5 Å². The average Bonchev–Trinajstić information content (AvgIpc) is 3.28. The first-order valence-corrected chi connectivity index (χ1v) is 9.37. The molecule has 30 heavy (non-hydrogen) atoms. The van der Waals surface area contributed by atoms with Crippen LogP contribution in [0.1, 0.15) is 6.23 Å². The zero-order chi connectivity index (χ0) is 21.3. The molecular formula is C19H23N7O4. The summed E-state index contributed by atoms with van der Waals surface area (Å²) in [4.78, 5) is 19.5. The van der Waals surface area contributed by atoms with Gasteiger partial charge in [-0.3, -0.25) is 4.57 Å². The van der Waals surface area contributed by atoms with E-state index >= 15 is 0 Å². The molecule has 4 rings (SSSR count). The minimum Gasteiger partial charge on any atom is -0.394 e. The van der Waals surface area contributed by atoms with Crippen LogP contribution in [0.4, 0.5) is 17.5 Å². The summed E-state index contributed by atoms with van der Waals surface area (Å²) in [6.07, 6.45) is -1.31. The van der Waals surface area contributed by atoms with E-state index in [-0.39, 0.29) is 5.95 Å². The number of anilines is 2. The Morgan fingerprint density at radius 3 is 2.63 bits per heavy atom. The van der Waals surface area contributed by atoms with E-state index in [1.807, 2.05) is 44.4 Å². The molecule has 0 aliphatic carbocycles. The summed E-state index contributed by atoms with van der Waals surface area (Å²) in [7, 11) is 3.67. The Kier molecular flexibility index (Phi) is 5.59. The van der Waals surface area contributed by atoms with Crippen molar-refractivity contribution in [3.8, 4) is 0 Å². The fraction of sp³-hybridized carbons (Fsp3) is 0.368.